The van der Waals surface area contributed by atoms with E-state index in [2.05, 4.69) is 25.4 Å². The maximum atomic E-state index is 14.9. The molecular weight excluding hydrogens is 452 g/mol. The minimum Gasteiger partial charge on any atom is -0.379 e. The molecule has 0 N–H and O–H groups in total. The van der Waals surface area contributed by atoms with Crippen molar-refractivity contribution in [1.82, 2.24) is 4.98 Å². The minimum atomic E-state index is -0.828. The molecule has 0 aliphatic heterocycles. The average molecular weight is 490 g/mol. The van der Waals surface area contributed by atoms with E-state index in [1.807, 2.05) is 42.6 Å². The Bertz CT molecular complexity index is 1120. The molecule has 2 aromatic carbocycles. The van der Waals surface area contributed by atoms with E-state index in [1.165, 1.54) is 12.8 Å². The van der Waals surface area contributed by atoms with E-state index in [-0.39, 0.29) is 17.2 Å². The summed E-state index contributed by atoms with van der Waals surface area (Å²) >= 11 is 0. The number of ether oxygens (including phenoxy) is 1. The van der Waals surface area contributed by atoms with E-state index in [1.54, 1.807) is 30.3 Å². The second-order valence-electron chi connectivity index (χ2n) is 9.17. The van der Waals surface area contributed by atoms with Crippen LogP contribution in [0.15, 0.2) is 73.5 Å². The van der Waals surface area contributed by atoms with Gasteiger partial charge in [-0.05, 0) is 56.2 Å². The van der Waals surface area contributed by atoms with Crippen LogP contribution in [-0.4, -0.2) is 17.7 Å². The standard InChI is InChI=1S/C32H37F2NO/c1-4-6-10-22-36-24(3)12-8-7-9-13-28-19-20-29(32(34)31(28)33)26-15-17-27(18-16-26)30-21-14-25(11-5-2)23-35-30/h5,9,13-21,23-24H,2,4,6-8,10-12,22H2,1,3H3/b13-9+. The molecule has 0 spiro atoms. The fourth-order valence-corrected chi connectivity index (χ4v) is 4.07. The van der Waals surface area contributed by atoms with Crippen molar-refractivity contribution in [2.24, 2.45) is 0 Å². The number of aromatic nitrogens is 1. The smallest absolute Gasteiger partial charge is 0.167 e. The maximum absolute atomic E-state index is 14.9. The maximum Gasteiger partial charge on any atom is 0.167 e. The van der Waals surface area contributed by atoms with Crippen molar-refractivity contribution < 1.29 is 13.5 Å². The van der Waals surface area contributed by atoms with Gasteiger partial charge in [-0.15, -0.1) is 6.58 Å². The minimum absolute atomic E-state index is 0.225. The monoisotopic (exact) mass is 489 g/mol. The summed E-state index contributed by atoms with van der Waals surface area (Å²) in [6.45, 7) is 8.82. The van der Waals surface area contributed by atoms with Gasteiger partial charge in [0.1, 0.15) is 0 Å². The van der Waals surface area contributed by atoms with Crippen LogP contribution in [0.1, 0.15) is 63.5 Å². The Labute approximate surface area is 214 Å². The van der Waals surface area contributed by atoms with E-state index in [9.17, 15) is 8.78 Å². The molecule has 190 valence electrons. The van der Waals surface area contributed by atoms with Crippen LogP contribution < -0.4 is 0 Å². The van der Waals surface area contributed by atoms with Crippen LogP contribution in [0, 0.1) is 11.6 Å². The molecule has 2 nitrogen and oxygen atoms in total. The molecule has 0 saturated carbocycles. The fraction of sp³-hybridized carbons (Fsp3) is 0.344. The molecule has 36 heavy (non-hydrogen) atoms. The molecule has 1 unspecified atom stereocenters. The first-order valence-corrected chi connectivity index (χ1v) is 13.0. The fourth-order valence-electron chi connectivity index (χ4n) is 4.07. The summed E-state index contributed by atoms with van der Waals surface area (Å²) in [4.78, 5) is 4.49. The molecule has 0 saturated heterocycles. The molecule has 0 aliphatic rings. The molecule has 3 rings (SSSR count). The quantitative estimate of drug-likeness (QED) is 0.166. The van der Waals surface area contributed by atoms with Crippen molar-refractivity contribution in [3.05, 3.63) is 96.2 Å². The van der Waals surface area contributed by atoms with Crippen LogP contribution in [0.2, 0.25) is 0 Å². The Balaban J connectivity index is 1.57. The molecule has 1 atom stereocenters. The highest BCUT2D eigenvalue weighted by atomic mass is 19.2. The zero-order valence-electron chi connectivity index (χ0n) is 21.5. The van der Waals surface area contributed by atoms with Gasteiger partial charge in [0.25, 0.3) is 0 Å². The first-order chi connectivity index (χ1) is 17.5. The second kappa shape index (κ2) is 14.4. The van der Waals surface area contributed by atoms with E-state index in [0.717, 1.165) is 55.5 Å². The van der Waals surface area contributed by atoms with Gasteiger partial charge < -0.3 is 4.74 Å². The zero-order valence-corrected chi connectivity index (χ0v) is 21.5. The molecule has 0 fully saturated rings. The molecule has 1 heterocycles. The van der Waals surface area contributed by atoms with Crippen LogP contribution in [0.25, 0.3) is 28.5 Å². The van der Waals surface area contributed by atoms with Crippen molar-refractivity contribution in [1.29, 1.82) is 0 Å². The Morgan fingerprint density at radius 1 is 0.944 bits per heavy atom. The second-order valence-corrected chi connectivity index (χ2v) is 9.17. The third kappa shape index (κ3) is 7.96. The van der Waals surface area contributed by atoms with E-state index < -0.39 is 11.6 Å². The number of unbranched alkanes of at least 4 members (excludes halogenated alkanes) is 3. The highest BCUT2D eigenvalue weighted by Gasteiger charge is 2.14. The summed E-state index contributed by atoms with van der Waals surface area (Å²) in [5, 5.41) is 0. The molecule has 0 radical (unpaired) electrons. The Morgan fingerprint density at radius 3 is 2.42 bits per heavy atom. The van der Waals surface area contributed by atoms with Crippen LogP contribution in [0.3, 0.4) is 0 Å². The van der Waals surface area contributed by atoms with Gasteiger partial charge in [-0.25, -0.2) is 8.78 Å². The van der Waals surface area contributed by atoms with Gasteiger partial charge in [0.2, 0.25) is 0 Å². The van der Waals surface area contributed by atoms with Crippen LogP contribution in [0.4, 0.5) is 8.78 Å². The lowest BCUT2D eigenvalue weighted by molar-refractivity contribution is 0.0566. The summed E-state index contributed by atoms with van der Waals surface area (Å²) in [6.07, 6.45) is 14.4. The number of hydrogen-bond donors (Lipinski definition) is 0. The highest BCUT2D eigenvalue weighted by molar-refractivity contribution is 5.70. The third-order valence-electron chi connectivity index (χ3n) is 6.24. The van der Waals surface area contributed by atoms with Gasteiger partial charge in [-0.1, -0.05) is 80.5 Å². The molecule has 0 bridgehead atoms. The lowest BCUT2D eigenvalue weighted by atomic mass is 10.00. The predicted molar refractivity (Wildman–Crippen MR) is 147 cm³/mol. The Morgan fingerprint density at radius 2 is 1.72 bits per heavy atom. The van der Waals surface area contributed by atoms with Crippen molar-refractivity contribution in [3.8, 4) is 22.4 Å². The summed E-state index contributed by atoms with van der Waals surface area (Å²) in [5.41, 5.74) is 3.99. The average Bonchev–Trinajstić information content (AvgIpc) is 2.90. The van der Waals surface area contributed by atoms with E-state index in [4.69, 9.17) is 4.74 Å². The van der Waals surface area contributed by atoms with Gasteiger partial charge in [0.15, 0.2) is 11.6 Å². The lowest BCUT2D eigenvalue weighted by Crippen LogP contribution is -2.08. The number of benzene rings is 2. The summed E-state index contributed by atoms with van der Waals surface area (Å²) < 4.78 is 35.5. The van der Waals surface area contributed by atoms with E-state index in [0.29, 0.717) is 5.56 Å². The lowest BCUT2D eigenvalue weighted by Gasteiger charge is -2.12. The van der Waals surface area contributed by atoms with Gasteiger partial charge in [0, 0.05) is 29.5 Å². The number of nitrogens with zero attached hydrogens (tertiary/aromatic N) is 1. The first kappa shape index (κ1) is 27.5. The molecule has 1 aromatic heterocycles. The molecule has 4 heteroatoms. The molecular formula is C32H37F2NO. The van der Waals surface area contributed by atoms with Crippen molar-refractivity contribution >= 4 is 6.08 Å². The normalized spacial score (nSPS) is 12.2. The summed E-state index contributed by atoms with van der Waals surface area (Å²) in [5.74, 6) is -1.65. The molecule has 0 amide bonds. The number of rotatable bonds is 14. The first-order valence-electron chi connectivity index (χ1n) is 13.0. The van der Waals surface area contributed by atoms with Gasteiger partial charge in [-0.3, -0.25) is 4.98 Å². The Hall–Kier alpha value is -3.11. The number of pyridine rings is 1. The third-order valence-corrected chi connectivity index (χ3v) is 6.24. The van der Waals surface area contributed by atoms with E-state index >= 15 is 0 Å². The number of hydrogen-bond acceptors (Lipinski definition) is 2. The van der Waals surface area contributed by atoms with Crippen molar-refractivity contribution in [3.63, 3.8) is 0 Å². The largest absolute Gasteiger partial charge is 0.379 e. The van der Waals surface area contributed by atoms with Crippen LogP contribution in [-0.2, 0) is 11.2 Å². The van der Waals surface area contributed by atoms with Gasteiger partial charge in [0.05, 0.1) is 11.8 Å². The van der Waals surface area contributed by atoms with Crippen molar-refractivity contribution in [2.75, 3.05) is 6.61 Å². The SMILES string of the molecule is C=CCc1ccc(-c2ccc(-c3ccc(/C=C/CCCC(C)OCCCCC)c(F)c3F)cc2)nc1. The topological polar surface area (TPSA) is 22.1 Å². The van der Waals surface area contributed by atoms with Gasteiger partial charge in [-0.2, -0.15) is 0 Å². The Kier molecular flexibility index (Phi) is 11.0. The summed E-state index contributed by atoms with van der Waals surface area (Å²) in [6, 6.07) is 14.6. The molecule has 0 aliphatic carbocycles. The highest BCUT2D eigenvalue weighted by Crippen LogP contribution is 2.29. The van der Waals surface area contributed by atoms with Crippen LogP contribution in [0.5, 0.6) is 0 Å². The number of halogens is 2. The summed E-state index contributed by atoms with van der Waals surface area (Å²) in [7, 11) is 0. The van der Waals surface area contributed by atoms with Crippen molar-refractivity contribution in [2.45, 2.75) is 64.9 Å². The van der Waals surface area contributed by atoms with Crippen LogP contribution >= 0.6 is 0 Å². The van der Waals surface area contributed by atoms with Gasteiger partial charge >= 0.3 is 0 Å². The molecule has 3 aromatic rings. The number of allylic oxidation sites excluding steroid dienone is 2. The zero-order chi connectivity index (χ0) is 25.8. The predicted octanol–water partition coefficient (Wildman–Crippen LogP) is 9.20.